The number of methoxy groups -OCH3 is 1. The van der Waals surface area contributed by atoms with E-state index in [2.05, 4.69) is 11.9 Å². The van der Waals surface area contributed by atoms with E-state index < -0.39 is 0 Å². The fourth-order valence-electron chi connectivity index (χ4n) is 0.750. The van der Waals surface area contributed by atoms with Crippen LogP contribution in [0.15, 0.2) is 12.2 Å². The molecule has 12 heavy (non-hydrogen) atoms. The summed E-state index contributed by atoms with van der Waals surface area (Å²) in [5, 5.41) is 2.70. The Hall–Kier alpha value is -0.830. The molecule has 0 aromatic rings. The zero-order valence-corrected chi connectivity index (χ0v) is 8.18. The van der Waals surface area contributed by atoms with Gasteiger partial charge in [0, 0.05) is 12.7 Å². The molecular weight excluding hydrogens is 154 g/mol. The molecule has 70 valence electrons. The fourth-order valence-corrected chi connectivity index (χ4v) is 0.750. The first kappa shape index (κ1) is 11.2. The summed E-state index contributed by atoms with van der Waals surface area (Å²) in [6, 6.07) is 0. The van der Waals surface area contributed by atoms with Crippen molar-refractivity contribution < 1.29 is 9.53 Å². The lowest BCUT2D eigenvalue weighted by atomic mass is 10.2. The maximum atomic E-state index is 11.1. The third-order valence-electron chi connectivity index (χ3n) is 1.52. The minimum atomic E-state index is -0.228. The maximum absolute atomic E-state index is 11.1. The Labute approximate surface area is 73.8 Å². The van der Waals surface area contributed by atoms with E-state index >= 15 is 0 Å². The second kappa shape index (κ2) is 4.93. The van der Waals surface area contributed by atoms with E-state index in [1.165, 1.54) is 0 Å². The van der Waals surface area contributed by atoms with Crippen molar-refractivity contribution in [3.05, 3.63) is 12.2 Å². The van der Waals surface area contributed by atoms with Crippen LogP contribution in [0.3, 0.4) is 0 Å². The molecular formula is C9H17NO2. The molecule has 0 aliphatic rings. The lowest BCUT2D eigenvalue weighted by Gasteiger charge is -2.20. The van der Waals surface area contributed by atoms with Gasteiger partial charge >= 0.3 is 0 Å². The average Bonchev–Trinajstić information content (AvgIpc) is 1.98. The zero-order chi connectivity index (χ0) is 9.72. The highest BCUT2D eigenvalue weighted by Crippen LogP contribution is 2.02. The molecule has 0 aromatic carbocycles. The van der Waals surface area contributed by atoms with Crippen LogP contribution in [0.1, 0.15) is 20.8 Å². The molecule has 1 amide bonds. The number of amides is 1. The minimum Gasteiger partial charge on any atom is -0.361 e. The third-order valence-corrected chi connectivity index (χ3v) is 1.52. The summed E-state index contributed by atoms with van der Waals surface area (Å²) in [5.41, 5.74) is 0.498. The quantitative estimate of drug-likeness (QED) is 0.511. The van der Waals surface area contributed by atoms with Crippen molar-refractivity contribution in [1.29, 1.82) is 0 Å². The topological polar surface area (TPSA) is 38.3 Å². The van der Waals surface area contributed by atoms with Gasteiger partial charge in [-0.15, -0.1) is 0 Å². The van der Waals surface area contributed by atoms with Crippen LogP contribution in [0.2, 0.25) is 0 Å². The van der Waals surface area contributed by atoms with Crippen molar-refractivity contribution >= 4 is 5.91 Å². The third kappa shape index (κ3) is 3.53. The molecule has 0 aliphatic carbocycles. The van der Waals surface area contributed by atoms with E-state index in [0.717, 1.165) is 0 Å². The Bertz CT molecular complexity index is 175. The normalized spacial score (nSPS) is 12.8. The monoisotopic (exact) mass is 171 g/mol. The van der Waals surface area contributed by atoms with Gasteiger partial charge in [0.15, 0.2) is 0 Å². The van der Waals surface area contributed by atoms with Crippen LogP contribution in [-0.2, 0) is 9.53 Å². The van der Waals surface area contributed by atoms with Crippen molar-refractivity contribution in [1.82, 2.24) is 5.32 Å². The summed E-state index contributed by atoms with van der Waals surface area (Å²) in [4.78, 5) is 11.1. The molecule has 0 bridgehead atoms. The Morgan fingerprint density at radius 3 is 2.25 bits per heavy atom. The van der Waals surface area contributed by atoms with E-state index in [9.17, 15) is 4.79 Å². The molecule has 0 spiro atoms. The summed E-state index contributed by atoms with van der Waals surface area (Å²) in [6.07, 6.45) is -0.228. The highest BCUT2D eigenvalue weighted by Gasteiger charge is 2.14. The van der Waals surface area contributed by atoms with Crippen LogP contribution in [0.25, 0.3) is 0 Å². The number of hydrogen-bond donors (Lipinski definition) is 1. The number of ether oxygens (including phenoxy) is 1. The minimum absolute atomic E-state index is 0.157. The smallest absolute Gasteiger partial charge is 0.248 e. The number of carbonyl (C=O) groups is 1. The predicted molar refractivity (Wildman–Crippen MR) is 48.6 cm³/mol. The van der Waals surface area contributed by atoms with Crippen molar-refractivity contribution in [3.63, 3.8) is 0 Å². The molecule has 3 heteroatoms. The van der Waals surface area contributed by atoms with Crippen molar-refractivity contribution in [3.8, 4) is 0 Å². The average molecular weight is 171 g/mol. The van der Waals surface area contributed by atoms with Gasteiger partial charge in [-0.3, -0.25) is 4.79 Å². The van der Waals surface area contributed by atoms with E-state index in [0.29, 0.717) is 5.57 Å². The van der Waals surface area contributed by atoms with Gasteiger partial charge < -0.3 is 10.1 Å². The number of carbonyl (C=O) groups excluding carboxylic acids is 1. The summed E-state index contributed by atoms with van der Waals surface area (Å²) in [7, 11) is 1.57. The first-order chi connectivity index (χ1) is 5.49. The van der Waals surface area contributed by atoms with Gasteiger partial charge in [-0.2, -0.15) is 0 Å². The summed E-state index contributed by atoms with van der Waals surface area (Å²) in [5.74, 6) is 0.105. The molecule has 1 N–H and O–H groups in total. The van der Waals surface area contributed by atoms with Crippen LogP contribution in [0.5, 0.6) is 0 Å². The van der Waals surface area contributed by atoms with Crippen molar-refractivity contribution in [2.45, 2.75) is 27.0 Å². The van der Waals surface area contributed by atoms with Gasteiger partial charge in [-0.25, -0.2) is 0 Å². The van der Waals surface area contributed by atoms with Gasteiger partial charge in [-0.05, 0) is 12.8 Å². The molecule has 0 aromatic heterocycles. The molecule has 1 unspecified atom stereocenters. The predicted octanol–water partition coefficient (Wildman–Crippen LogP) is 1.31. The second-order valence-corrected chi connectivity index (χ2v) is 3.15. The summed E-state index contributed by atoms with van der Waals surface area (Å²) in [6.45, 7) is 9.16. The molecule has 0 fully saturated rings. The molecule has 0 radical (unpaired) electrons. The Balaban J connectivity index is 4.03. The largest absolute Gasteiger partial charge is 0.361 e. The summed E-state index contributed by atoms with van der Waals surface area (Å²) < 4.78 is 5.06. The Kier molecular flexibility index (Phi) is 4.59. The molecule has 3 nitrogen and oxygen atoms in total. The number of rotatable bonds is 4. The van der Waals surface area contributed by atoms with Gasteiger partial charge in [0.1, 0.15) is 6.23 Å². The standard InChI is InChI=1S/C9H17NO2/c1-6(2)8(11)10-9(12-5)7(3)4/h7,9H,1H2,2-5H3,(H,10,11). The molecule has 0 saturated heterocycles. The van der Waals surface area contributed by atoms with Crippen LogP contribution < -0.4 is 5.32 Å². The first-order valence-electron chi connectivity index (χ1n) is 3.98. The zero-order valence-electron chi connectivity index (χ0n) is 8.18. The highest BCUT2D eigenvalue weighted by atomic mass is 16.5. The Morgan fingerprint density at radius 1 is 1.50 bits per heavy atom. The molecule has 0 aliphatic heterocycles. The molecule has 0 saturated carbocycles. The maximum Gasteiger partial charge on any atom is 0.248 e. The van der Waals surface area contributed by atoms with Gasteiger partial charge in [0.25, 0.3) is 0 Å². The lowest BCUT2D eigenvalue weighted by molar-refractivity contribution is -0.122. The van der Waals surface area contributed by atoms with Gasteiger partial charge in [0.2, 0.25) is 5.91 Å². The molecule has 0 heterocycles. The van der Waals surface area contributed by atoms with Crippen molar-refractivity contribution in [2.75, 3.05) is 7.11 Å². The first-order valence-corrected chi connectivity index (χ1v) is 3.98. The van der Waals surface area contributed by atoms with Crippen LogP contribution >= 0.6 is 0 Å². The van der Waals surface area contributed by atoms with Gasteiger partial charge in [-0.1, -0.05) is 20.4 Å². The van der Waals surface area contributed by atoms with Crippen LogP contribution in [-0.4, -0.2) is 19.2 Å². The van der Waals surface area contributed by atoms with Crippen LogP contribution in [0, 0.1) is 5.92 Å². The number of hydrogen-bond acceptors (Lipinski definition) is 2. The van der Waals surface area contributed by atoms with E-state index in [1.54, 1.807) is 14.0 Å². The SMILES string of the molecule is C=C(C)C(=O)NC(OC)C(C)C. The molecule has 0 rings (SSSR count). The van der Waals surface area contributed by atoms with Gasteiger partial charge in [0.05, 0.1) is 0 Å². The van der Waals surface area contributed by atoms with E-state index in [4.69, 9.17) is 4.74 Å². The molecule has 1 atom stereocenters. The highest BCUT2D eigenvalue weighted by molar-refractivity contribution is 5.92. The van der Waals surface area contributed by atoms with Crippen LogP contribution in [0.4, 0.5) is 0 Å². The summed E-state index contributed by atoms with van der Waals surface area (Å²) >= 11 is 0. The van der Waals surface area contributed by atoms with E-state index in [1.807, 2.05) is 13.8 Å². The number of nitrogens with one attached hydrogen (secondary N) is 1. The second-order valence-electron chi connectivity index (χ2n) is 3.15. The fraction of sp³-hybridized carbons (Fsp3) is 0.667. The van der Waals surface area contributed by atoms with E-state index in [-0.39, 0.29) is 18.1 Å². The lowest BCUT2D eigenvalue weighted by Crippen LogP contribution is -2.40. The van der Waals surface area contributed by atoms with Crippen molar-refractivity contribution in [2.24, 2.45) is 5.92 Å². The Morgan fingerprint density at radius 2 is 2.00 bits per heavy atom.